The Bertz CT molecular complexity index is 402. The molecule has 18 heavy (non-hydrogen) atoms. The average Bonchev–Trinajstić information content (AvgIpc) is 2.70. The summed E-state index contributed by atoms with van der Waals surface area (Å²) in [4.78, 5) is 12.3. The summed E-state index contributed by atoms with van der Waals surface area (Å²) >= 11 is 2.92. The molecular weight excluding hydrogens is 270 g/mol. The van der Waals surface area contributed by atoms with Crippen molar-refractivity contribution in [2.75, 3.05) is 12.9 Å². The molecule has 0 radical (unpaired) electrons. The maximum Gasteiger partial charge on any atom is 0.345 e. The highest BCUT2D eigenvalue weighted by atomic mass is 32.2. The van der Waals surface area contributed by atoms with Gasteiger partial charge in [0.15, 0.2) is 0 Å². The van der Waals surface area contributed by atoms with Crippen molar-refractivity contribution in [3.05, 3.63) is 21.4 Å². The molecule has 0 saturated heterocycles. The van der Waals surface area contributed by atoms with Crippen LogP contribution >= 0.6 is 23.1 Å². The third-order valence-corrected chi connectivity index (χ3v) is 5.13. The summed E-state index contributed by atoms with van der Waals surface area (Å²) in [6, 6.07) is 1.90. The van der Waals surface area contributed by atoms with Gasteiger partial charge in [-0.1, -0.05) is 0 Å². The van der Waals surface area contributed by atoms with Gasteiger partial charge in [0.25, 0.3) is 0 Å². The molecule has 2 atom stereocenters. The number of aryl methyl sites for hydroxylation is 1. The summed E-state index contributed by atoms with van der Waals surface area (Å²) in [5.74, 6) is -0.875. The van der Waals surface area contributed by atoms with Crippen LogP contribution in [0.1, 0.15) is 27.0 Å². The van der Waals surface area contributed by atoms with Gasteiger partial charge in [-0.2, -0.15) is 11.8 Å². The summed E-state index contributed by atoms with van der Waals surface area (Å²) in [5, 5.41) is 21.6. The Morgan fingerprint density at radius 1 is 1.61 bits per heavy atom. The number of hydrogen-bond donors (Lipinski definition) is 3. The summed E-state index contributed by atoms with van der Waals surface area (Å²) in [5.41, 5.74) is 1.02. The third kappa shape index (κ3) is 3.98. The number of carboxylic acid groups (broad SMARTS) is 1. The Hall–Kier alpha value is -0.560. The van der Waals surface area contributed by atoms with Crippen LogP contribution < -0.4 is 5.32 Å². The molecule has 1 rings (SSSR count). The molecule has 0 amide bonds. The largest absolute Gasteiger partial charge is 0.477 e. The lowest BCUT2D eigenvalue weighted by Gasteiger charge is -2.21. The van der Waals surface area contributed by atoms with Crippen LogP contribution in [0.2, 0.25) is 0 Å². The second-order valence-electron chi connectivity index (χ2n) is 4.12. The SMILES string of the molecule is CSC(CO)C(C)NCc1cc(C(=O)O)sc1C. The molecule has 0 bridgehead atoms. The van der Waals surface area contributed by atoms with Crippen molar-refractivity contribution >= 4 is 29.1 Å². The van der Waals surface area contributed by atoms with E-state index in [1.807, 2.05) is 20.1 Å². The van der Waals surface area contributed by atoms with Crippen molar-refractivity contribution in [3.8, 4) is 0 Å². The second-order valence-corrected chi connectivity index (χ2v) is 6.46. The molecule has 0 aliphatic heterocycles. The van der Waals surface area contributed by atoms with Crippen molar-refractivity contribution in [2.24, 2.45) is 0 Å². The molecule has 0 spiro atoms. The number of carbonyl (C=O) groups is 1. The van der Waals surface area contributed by atoms with Gasteiger partial charge in [-0.25, -0.2) is 4.79 Å². The molecule has 0 fully saturated rings. The summed E-state index contributed by atoms with van der Waals surface area (Å²) < 4.78 is 0. The predicted octanol–water partition coefficient (Wildman–Crippen LogP) is 1.96. The number of aromatic carboxylic acids is 1. The van der Waals surface area contributed by atoms with E-state index >= 15 is 0 Å². The minimum absolute atomic E-state index is 0.137. The topological polar surface area (TPSA) is 69.6 Å². The molecule has 1 heterocycles. The van der Waals surface area contributed by atoms with Crippen LogP contribution in [0.4, 0.5) is 0 Å². The number of aliphatic hydroxyl groups is 1. The quantitative estimate of drug-likeness (QED) is 0.716. The van der Waals surface area contributed by atoms with Gasteiger partial charge in [0.2, 0.25) is 0 Å². The van der Waals surface area contributed by atoms with Gasteiger partial charge in [0.05, 0.1) is 6.61 Å². The second kappa shape index (κ2) is 7.13. The highest BCUT2D eigenvalue weighted by Crippen LogP contribution is 2.22. The molecule has 1 aromatic rings. The maximum atomic E-state index is 10.9. The number of nitrogens with one attached hydrogen (secondary N) is 1. The Labute approximate surface area is 115 Å². The normalized spacial score (nSPS) is 14.4. The van der Waals surface area contributed by atoms with Crippen molar-refractivity contribution in [3.63, 3.8) is 0 Å². The van der Waals surface area contributed by atoms with Crippen LogP contribution in [-0.2, 0) is 6.54 Å². The van der Waals surface area contributed by atoms with Crippen molar-refractivity contribution < 1.29 is 15.0 Å². The van der Waals surface area contributed by atoms with Crippen molar-refractivity contribution in [1.82, 2.24) is 5.32 Å². The number of rotatable bonds is 7. The van der Waals surface area contributed by atoms with Crippen LogP contribution in [0, 0.1) is 6.92 Å². The Morgan fingerprint density at radius 2 is 2.28 bits per heavy atom. The van der Waals surface area contributed by atoms with Gasteiger partial charge in [0.1, 0.15) is 4.88 Å². The fraction of sp³-hybridized carbons (Fsp3) is 0.583. The van der Waals surface area contributed by atoms with E-state index in [0.29, 0.717) is 11.4 Å². The zero-order chi connectivity index (χ0) is 13.7. The lowest BCUT2D eigenvalue weighted by Crippen LogP contribution is -2.37. The van der Waals surface area contributed by atoms with Crippen LogP contribution in [0.3, 0.4) is 0 Å². The van der Waals surface area contributed by atoms with Gasteiger partial charge in [-0.15, -0.1) is 11.3 Å². The molecule has 0 saturated carbocycles. The monoisotopic (exact) mass is 289 g/mol. The first-order valence-corrected chi connectivity index (χ1v) is 7.79. The van der Waals surface area contributed by atoms with E-state index in [-0.39, 0.29) is 17.9 Å². The molecular formula is C12H19NO3S2. The van der Waals surface area contributed by atoms with Gasteiger partial charge in [-0.05, 0) is 31.7 Å². The number of carboxylic acids is 1. The number of thiophene rings is 1. The maximum absolute atomic E-state index is 10.9. The molecule has 4 nitrogen and oxygen atoms in total. The van der Waals surface area contributed by atoms with E-state index < -0.39 is 5.97 Å². The van der Waals surface area contributed by atoms with E-state index in [2.05, 4.69) is 5.32 Å². The van der Waals surface area contributed by atoms with E-state index in [9.17, 15) is 9.90 Å². The van der Waals surface area contributed by atoms with Gasteiger partial charge in [0, 0.05) is 22.7 Å². The van der Waals surface area contributed by atoms with Crippen LogP contribution in [-0.4, -0.2) is 40.3 Å². The van der Waals surface area contributed by atoms with Gasteiger partial charge >= 0.3 is 5.97 Å². The Balaban J connectivity index is 2.60. The Kier molecular flexibility index (Phi) is 6.14. The number of aliphatic hydroxyl groups excluding tert-OH is 1. The van der Waals surface area contributed by atoms with Gasteiger partial charge in [-0.3, -0.25) is 0 Å². The summed E-state index contributed by atoms with van der Waals surface area (Å²) in [6.45, 7) is 4.72. The summed E-state index contributed by atoms with van der Waals surface area (Å²) in [7, 11) is 0. The standard InChI is InChI=1S/C12H19NO3S2/c1-7(11(6-14)17-3)13-5-9-4-10(12(15)16)18-8(9)2/h4,7,11,13-14H,5-6H2,1-3H3,(H,15,16). The van der Waals surface area contributed by atoms with E-state index in [1.54, 1.807) is 17.8 Å². The molecule has 0 aliphatic rings. The lowest BCUT2D eigenvalue weighted by atomic mass is 10.2. The first-order valence-electron chi connectivity index (χ1n) is 5.69. The molecule has 1 aromatic heterocycles. The smallest absolute Gasteiger partial charge is 0.345 e. The lowest BCUT2D eigenvalue weighted by molar-refractivity contribution is 0.0702. The van der Waals surface area contributed by atoms with Crippen molar-refractivity contribution in [2.45, 2.75) is 31.7 Å². The first kappa shape index (κ1) is 15.5. The minimum atomic E-state index is -0.875. The highest BCUT2D eigenvalue weighted by molar-refractivity contribution is 7.99. The van der Waals surface area contributed by atoms with Crippen LogP contribution in [0.5, 0.6) is 0 Å². The van der Waals surface area contributed by atoms with Gasteiger partial charge < -0.3 is 15.5 Å². The van der Waals surface area contributed by atoms with Crippen LogP contribution in [0.15, 0.2) is 6.07 Å². The highest BCUT2D eigenvalue weighted by Gasteiger charge is 2.16. The number of thioether (sulfide) groups is 1. The van der Waals surface area contributed by atoms with Crippen LogP contribution in [0.25, 0.3) is 0 Å². The number of hydrogen-bond acceptors (Lipinski definition) is 5. The van der Waals surface area contributed by atoms with E-state index in [0.717, 1.165) is 10.4 Å². The first-order chi connectivity index (χ1) is 8.49. The van der Waals surface area contributed by atoms with E-state index in [1.165, 1.54) is 11.3 Å². The minimum Gasteiger partial charge on any atom is -0.477 e. The zero-order valence-corrected chi connectivity index (χ0v) is 12.4. The molecule has 6 heteroatoms. The fourth-order valence-electron chi connectivity index (χ4n) is 1.64. The average molecular weight is 289 g/mol. The molecule has 0 aliphatic carbocycles. The van der Waals surface area contributed by atoms with E-state index in [4.69, 9.17) is 5.11 Å². The summed E-state index contributed by atoms with van der Waals surface area (Å²) in [6.07, 6.45) is 1.97. The zero-order valence-electron chi connectivity index (χ0n) is 10.8. The molecule has 3 N–H and O–H groups in total. The van der Waals surface area contributed by atoms with Crippen molar-refractivity contribution in [1.29, 1.82) is 0 Å². The molecule has 102 valence electrons. The fourth-order valence-corrected chi connectivity index (χ4v) is 3.17. The Morgan fingerprint density at radius 3 is 2.72 bits per heavy atom. The molecule has 0 aromatic carbocycles. The molecule has 2 unspecified atom stereocenters. The third-order valence-electron chi connectivity index (χ3n) is 2.89. The predicted molar refractivity (Wildman–Crippen MR) is 76.7 cm³/mol.